The van der Waals surface area contributed by atoms with Crippen molar-refractivity contribution in [3.63, 3.8) is 0 Å². The van der Waals surface area contributed by atoms with E-state index in [-0.39, 0.29) is 12.3 Å². The van der Waals surface area contributed by atoms with E-state index in [1.165, 1.54) is 12.3 Å². The Bertz CT molecular complexity index is 467. The Hall–Kier alpha value is -1.53. The lowest BCUT2D eigenvalue weighted by Crippen LogP contribution is -2.36. The molecule has 0 aliphatic carbocycles. The van der Waals surface area contributed by atoms with E-state index in [2.05, 4.69) is 18.9 Å². The smallest absolute Gasteiger partial charge is 0.342 e. The summed E-state index contributed by atoms with van der Waals surface area (Å²) in [6, 6.07) is 1.47. The van der Waals surface area contributed by atoms with Gasteiger partial charge in [0.25, 0.3) is 0 Å². The van der Waals surface area contributed by atoms with Gasteiger partial charge in [-0.1, -0.05) is 26.7 Å². The van der Waals surface area contributed by atoms with Crippen LogP contribution >= 0.6 is 0 Å². The van der Waals surface area contributed by atoms with Crippen LogP contribution in [-0.2, 0) is 17.8 Å². The van der Waals surface area contributed by atoms with Crippen LogP contribution in [0.5, 0.6) is 0 Å². The van der Waals surface area contributed by atoms with E-state index >= 15 is 0 Å². The predicted octanol–water partition coefficient (Wildman–Crippen LogP) is 3.27. The Balaban J connectivity index is 2.62. The van der Waals surface area contributed by atoms with Crippen molar-refractivity contribution in [3.05, 3.63) is 18.0 Å². The van der Waals surface area contributed by atoms with Crippen LogP contribution in [0, 0.1) is 5.92 Å². The third-order valence-electron chi connectivity index (χ3n) is 3.74. The van der Waals surface area contributed by atoms with Gasteiger partial charge in [-0.05, 0) is 18.9 Å². The molecular weight excluding hydrogens is 295 g/mol. The Morgan fingerprint density at radius 1 is 1.32 bits per heavy atom. The van der Waals surface area contributed by atoms with Gasteiger partial charge in [0, 0.05) is 19.3 Å². The van der Waals surface area contributed by atoms with Crippen LogP contribution in [0.2, 0.25) is 0 Å². The van der Waals surface area contributed by atoms with Crippen molar-refractivity contribution in [2.24, 2.45) is 5.92 Å². The molecule has 0 radical (unpaired) electrons. The van der Waals surface area contributed by atoms with Crippen molar-refractivity contribution < 1.29 is 18.0 Å². The largest absolute Gasteiger partial charge is 0.408 e. The summed E-state index contributed by atoms with van der Waals surface area (Å²) in [5, 5.41) is 3.82. The third kappa shape index (κ3) is 6.07. The lowest BCUT2D eigenvalue weighted by molar-refractivity contribution is -0.142. The minimum Gasteiger partial charge on any atom is -0.342 e. The highest BCUT2D eigenvalue weighted by atomic mass is 19.4. The number of nitrogens with zero attached hydrogens (tertiary/aromatic N) is 3. The second-order valence-electron chi connectivity index (χ2n) is 5.41. The van der Waals surface area contributed by atoms with Crippen molar-refractivity contribution in [3.8, 4) is 0 Å². The second-order valence-corrected chi connectivity index (χ2v) is 5.41. The number of likely N-dealkylation sites (N-methyl/N-ethyl adjacent to an activating group) is 1. The summed E-state index contributed by atoms with van der Waals surface area (Å²) in [5.41, 5.74) is 0.372. The van der Waals surface area contributed by atoms with Gasteiger partial charge in [0.15, 0.2) is 0 Å². The molecule has 0 saturated heterocycles. The molecule has 1 amide bonds. The maximum atomic E-state index is 12.3. The van der Waals surface area contributed by atoms with Crippen molar-refractivity contribution >= 4 is 5.91 Å². The first-order valence-electron chi connectivity index (χ1n) is 7.65. The molecule has 0 saturated carbocycles. The molecule has 0 bridgehead atoms. The molecular formula is C15H24F3N3O. The molecule has 0 atom stereocenters. The van der Waals surface area contributed by atoms with Crippen molar-refractivity contribution in [2.75, 3.05) is 13.1 Å². The summed E-state index contributed by atoms with van der Waals surface area (Å²) in [4.78, 5) is 14.0. The SMILES string of the molecule is CCC(CC)CN(CC)C(=O)Cc1ccn(CC(F)(F)F)n1. The van der Waals surface area contributed by atoms with Gasteiger partial charge in [-0.15, -0.1) is 0 Å². The molecule has 0 N–H and O–H groups in total. The minimum atomic E-state index is -4.31. The Morgan fingerprint density at radius 3 is 2.45 bits per heavy atom. The number of carbonyl (C=O) groups excluding carboxylic acids is 1. The van der Waals surface area contributed by atoms with Gasteiger partial charge >= 0.3 is 6.18 Å². The molecule has 0 spiro atoms. The monoisotopic (exact) mass is 319 g/mol. The molecule has 1 aromatic rings. The lowest BCUT2D eigenvalue weighted by Gasteiger charge is -2.25. The summed E-state index contributed by atoms with van der Waals surface area (Å²) < 4.78 is 37.7. The Kier molecular flexibility index (Phi) is 6.90. The van der Waals surface area contributed by atoms with Crippen LogP contribution in [-0.4, -0.2) is 39.9 Å². The molecule has 7 heteroatoms. The zero-order chi connectivity index (χ0) is 16.8. The molecule has 0 aromatic carbocycles. The second kappa shape index (κ2) is 8.19. The van der Waals surface area contributed by atoms with E-state index in [1.807, 2.05) is 6.92 Å². The summed E-state index contributed by atoms with van der Waals surface area (Å²) in [6.45, 7) is 6.23. The molecule has 1 rings (SSSR count). The van der Waals surface area contributed by atoms with Gasteiger partial charge in [-0.3, -0.25) is 9.48 Å². The third-order valence-corrected chi connectivity index (χ3v) is 3.74. The predicted molar refractivity (Wildman–Crippen MR) is 78.3 cm³/mol. The van der Waals surface area contributed by atoms with Crippen LogP contribution in [0.3, 0.4) is 0 Å². The van der Waals surface area contributed by atoms with E-state index in [4.69, 9.17) is 0 Å². The van der Waals surface area contributed by atoms with Crippen LogP contribution < -0.4 is 0 Å². The Labute approximate surface area is 129 Å². The summed E-state index contributed by atoms with van der Waals surface area (Å²) in [6.07, 6.45) is -1.01. The number of hydrogen-bond acceptors (Lipinski definition) is 2. The highest BCUT2D eigenvalue weighted by Gasteiger charge is 2.28. The summed E-state index contributed by atoms with van der Waals surface area (Å²) in [7, 11) is 0. The topological polar surface area (TPSA) is 38.1 Å². The van der Waals surface area contributed by atoms with Crippen LogP contribution in [0.25, 0.3) is 0 Å². The molecule has 1 aromatic heterocycles. The average Bonchev–Trinajstić information content (AvgIpc) is 2.85. The fourth-order valence-electron chi connectivity index (χ4n) is 2.30. The number of hydrogen-bond donors (Lipinski definition) is 0. The summed E-state index contributed by atoms with van der Waals surface area (Å²) in [5.74, 6) is 0.360. The fraction of sp³-hybridized carbons (Fsp3) is 0.733. The van der Waals surface area contributed by atoms with Gasteiger partial charge < -0.3 is 4.90 Å². The van der Waals surface area contributed by atoms with Crippen LogP contribution in [0.1, 0.15) is 39.3 Å². The highest BCUT2D eigenvalue weighted by molar-refractivity contribution is 5.78. The Morgan fingerprint density at radius 2 is 1.95 bits per heavy atom. The molecule has 1 heterocycles. The van der Waals surface area contributed by atoms with E-state index < -0.39 is 12.7 Å². The first kappa shape index (κ1) is 18.5. The number of amides is 1. The number of rotatable bonds is 8. The van der Waals surface area contributed by atoms with Gasteiger partial charge in [0.05, 0.1) is 12.1 Å². The first-order valence-corrected chi connectivity index (χ1v) is 7.65. The molecule has 0 unspecified atom stereocenters. The van der Waals surface area contributed by atoms with Gasteiger partial charge in [0.1, 0.15) is 6.54 Å². The highest BCUT2D eigenvalue weighted by Crippen LogP contribution is 2.17. The molecule has 0 aliphatic heterocycles. The van der Waals surface area contributed by atoms with Gasteiger partial charge in [0.2, 0.25) is 5.91 Å². The first-order chi connectivity index (χ1) is 10.3. The molecule has 126 valence electrons. The van der Waals surface area contributed by atoms with Crippen LogP contribution in [0.15, 0.2) is 12.3 Å². The van der Waals surface area contributed by atoms with Crippen molar-refractivity contribution in [1.29, 1.82) is 0 Å². The number of carbonyl (C=O) groups is 1. The normalized spacial score (nSPS) is 12.0. The maximum absolute atomic E-state index is 12.3. The maximum Gasteiger partial charge on any atom is 0.408 e. The minimum absolute atomic E-state index is 0.0405. The molecule has 0 aliphatic rings. The standard InChI is InChI=1S/C15H24F3N3O/c1-4-12(5-2)10-20(6-3)14(22)9-13-7-8-21(19-13)11-15(16,17)18/h7-8,12H,4-6,9-11H2,1-3H3. The fourth-order valence-corrected chi connectivity index (χ4v) is 2.30. The van der Waals surface area contributed by atoms with Crippen LogP contribution in [0.4, 0.5) is 13.2 Å². The summed E-state index contributed by atoms with van der Waals surface area (Å²) >= 11 is 0. The van der Waals surface area contributed by atoms with Crippen molar-refractivity contribution in [2.45, 2.75) is 52.8 Å². The molecule has 4 nitrogen and oxygen atoms in total. The molecule has 0 fully saturated rings. The quantitative estimate of drug-likeness (QED) is 0.737. The van der Waals surface area contributed by atoms with E-state index in [1.54, 1.807) is 4.90 Å². The zero-order valence-corrected chi connectivity index (χ0v) is 13.4. The lowest BCUT2D eigenvalue weighted by atomic mass is 10.0. The zero-order valence-electron chi connectivity index (χ0n) is 13.4. The van der Waals surface area contributed by atoms with Gasteiger partial charge in [-0.2, -0.15) is 18.3 Å². The van der Waals surface area contributed by atoms with Gasteiger partial charge in [-0.25, -0.2) is 0 Å². The number of halogens is 3. The van der Waals surface area contributed by atoms with E-state index in [0.29, 0.717) is 24.7 Å². The number of aromatic nitrogens is 2. The average molecular weight is 319 g/mol. The number of alkyl halides is 3. The van der Waals surface area contributed by atoms with E-state index in [0.717, 1.165) is 17.5 Å². The van der Waals surface area contributed by atoms with E-state index in [9.17, 15) is 18.0 Å². The molecule has 22 heavy (non-hydrogen) atoms. The van der Waals surface area contributed by atoms with Crippen molar-refractivity contribution in [1.82, 2.24) is 14.7 Å².